The van der Waals surface area contributed by atoms with Gasteiger partial charge in [-0.05, 0) is 86.9 Å². The van der Waals surface area contributed by atoms with Crippen molar-refractivity contribution in [3.05, 3.63) is 11.6 Å². The van der Waals surface area contributed by atoms with E-state index in [1.807, 2.05) is 5.57 Å². The lowest BCUT2D eigenvalue weighted by Crippen LogP contribution is -2.35. The molecule has 0 N–H and O–H groups in total. The monoisotopic (exact) mass is 342 g/mol. The molecule has 0 aromatic rings. The van der Waals surface area contributed by atoms with E-state index in [1.165, 1.54) is 89.9 Å². The van der Waals surface area contributed by atoms with Crippen LogP contribution < -0.4 is 0 Å². The molecule has 0 radical (unpaired) electrons. The summed E-state index contributed by atoms with van der Waals surface area (Å²) in [6.45, 7) is 2.56. The van der Waals surface area contributed by atoms with Crippen LogP contribution in [-0.4, -0.2) is 0 Å². The molecule has 4 rings (SSSR count). The molecule has 4 atom stereocenters. The molecule has 0 aromatic heterocycles. The van der Waals surface area contributed by atoms with E-state index in [0.29, 0.717) is 0 Å². The molecule has 4 aliphatic rings. The summed E-state index contributed by atoms with van der Waals surface area (Å²) in [4.78, 5) is 0. The summed E-state index contributed by atoms with van der Waals surface area (Å²) in [7, 11) is 0. The number of hydrogen-bond donors (Lipinski definition) is 0. The summed E-state index contributed by atoms with van der Waals surface area (Å²) >= 11 is 0. The van der Waals surface area contributed by atoms with Crippen LogP contribution in [0, 0.1) is 35.5 Å². The minimum absolute atomic E-state index is 0.945. The van der Waals surface area contributed by atoms with Gasteiger partial charge in [-0.3, -0.25) is 0 Å². The summed E-state index contributed by atoms with van der Waals surface area (Å²) in [5.74, 6) is 5.99. The van der Waals surface area contributed by atoms with Crippen molar-refractivity contribution in [3.8, 4) is 0 Å². The Kier molecular flexibility index (Phi) is 6.25. The Morgan fingerprint density at radius 1 is 0.560 bits per heavy atom. The largest absolute Gasteiger partial charge is 0.0814 e. The van der Waals surface area contributed by atoms with Gasteiger partial charge in [0.15, 0.2) is 0 Å². The van der Waals surface area contributed by atoms with E-state index in [0.717, 1.165) is 35.5 Å². The Morgan fingerprint density at radius 3 is 1.68 bits per heavy atom. The first-order valence-electron chi connectivity index (χ1n) is 12.0. The molecule has 0 heterocycles. The van der Waals surface area contributed by atoms with Crippen LogP contribution in [0.15, 0.2) is 11.6 Å². The second-order valence-corrected chi connectivity index (χ2v) is 10.2. The van der Waals surface area contributed by atoms with E-state index in [1.54, 1.807) is 12.8 Å². The summed E-state index contributed by atoms with van der Waals surface area (Å²) in [5.41, 5.74) is 1.99. The van der Waals surface area contributed by atoms with Gasteiger partial charge in [0.05, 0.1) is 0 Å². The highest BCUT2D eigenvalue weighted by Gasteiger charge is 2.38. The number of fused-ring (bicyclic) bond motifs is 1. The molecule has 0 aliphatic heterocycles. The van der Waals surface area contributed by atoms with E-state index < -0.39 is 0 Å². The fourth-order valence-electron chi connectivity index (χ4n) is 7.24. The summed E-state index contributed by atoms with van der Waals surface area (Å²) < 4.78 is 0. The van der Waals surface area contributed by atoms with Gasteiger partial charge in [0.2, 0.25) is 0 Å². The maximum Gasteiger partial charge on any atom is -0.0199 e. The molecule has 0 spiro atoms. The number of allylic oxidation sites excluding steroid dienone is 2. The lowest BCUT2D eigenvalue weighted by molar-refractivity contribution is 0.0785. The maximum atomic E-state index is 2.95. The first kappa shape index (κ1) is 18.1. The first-order valence-corrected chi connectivity index (χ1v) is 12.0. The third kappa shape index (κ3) is 4.19. The average molecular weight is 343 g/mol. The van der Waals surface area contributed by atoms with Crippen LogP contribution in [0.2, 0.25) is 0 Å². The first-order chi connectivity index (χ1) is 12.3. The standard InChI is InChI=1S/C25H42/c1-19-16-17-22(24-15-9-8-14-23(19)24)18-25(20-10-4-2-5-11-20)21-12-6-3-7-13-21/h18-24H,2-17H2,1H3. The van der Waals surface area contributed by atoms with Crippen LogP contribution in [0.4, 0.5) is 0 Å². The Labute approximate surface area is 157 Å². The van der Waals surface area contributed by atoms with Crippen LogP contribution in [0.3, 0.4) is 0 Å². The van der Waals surface area contributed by atoms with Crippen LogP contribution >= 0.6 is 0 Å². The fourth-order valence-corrected chi connectivity index (χ4v) is 7.24. The van der Waals surface area contributed by atoms with E-state index in [2.05, 4.69) is 13.0 Å². The van der Waals surface area contributed by atoms with Crippen molar-refractivity contribution in [1.29, 1.82) is 0 Å². The van der Waals surface area contributed by atoms with Crippen molar-refractivity contribution in [2.45, 2.75) is 110 Å². The van der Waals surface area contributed by atoms with Gasteiger partial charge in [-0.2, -0.15) is 0 Å². The van der Waals surface area contributed by atoms with Gasteiger partial charge >= 0.3 is 0 Å². The third-order valence-electron chi connectivity index (χ3n) is 8.67. The summed E-state index contributed by atoms with van der Waals surface area (Å²) in [6, 6.07) is 0. The normalized spacial score (nSPS) is 38.1. The predicted octanol–water partition coefficient (Wildman–Crippen LogP) is 7.93. The zero-order valence-electron chi connectivity index (χ0n) is 16.9. The fraction of sp³-hybridized carbons (Fsp3) is 0.920. The van der Waals surface area contributed by atoms with E-state index >= 15 is 0 Å². The molecule has 25 heavy (non-hydrogen) atoms. The van der Waals surface area contributed by atoms with Crippen molar-refractivity contribution in [2.24, 2.45) is 35.5 Å². The molecule has 0 saturated heterocycles. The second kappa shape index (κ2) is 8.62. The zero-order valence-corrected chi connectivity index (χ0v) is 16.9. The van der Waals surface area contributed by atoms with E-state index in [4.69, 9.17) is 0 Å². The molecule has 4 fully saturated rings. The van der Waals surface area contributed by atoms with Crippen molar-refractivity contribution in [2.75, 3.05) is 0 Å². The molecule has 0 nitrogen and oxygen atoms in total. The molecule has 0 bridgehead atoms. The molecule has 0 amide bonds. The highest BCUT2D eigenvalue weighted by Crippen LogP contribution is 2.49. The molecule has 142 valence electrons. The number of hydrogen-bond acceptors (Lipinski definition) is 0. The van der Waals surface area contributed by atoms with E-state index in [9.17, 15) is 0 Å². The SMILES string of the molecule is CC1CCC(C=C(C2CCCCC2)C2CCCCC2)C2CCCCC12. The van der Waals surface area contributed by atoms with Crippen LogP contribution in [0.25, 0.3) is 0 Å². The van der Waals surface area contributed by atoms with Crippen molar-refractivity contribution in [1.82, 2.24) is 0 Å². The molecule has 4 unspecified atom stereocenters. The smallest absolute Gasteiger partial charge is 0.0199 e. The molecule has 4 aliphatic carbocycles. The average Bonchev–Trinajstić information content (AvgIpc) is 2.69. The summed E-state index contributed by atoms with van der Waals surface area (Å²) in [5, 5.41) is 0. The maximum absolute atomic E-state index is 2.95. The van der Waals surface area contributed by atoms with Crippen molar-refractivity contribution in [3.63, 3.8) is 0 Å². The minimum atomic E-state index is 0.945. The third-order valence-corrected chi connectivity index (χ3v) is 8.67. The van der Waals surface area contributed by atoms with Crippen molar-refractivity contribution < 1.29 is 0 Å². The lowest BCUT2D eigenvalue weighted by Gasteiger charge is -2.45. The Bertz CT molecular complexity index is 415. The van der Waals surface area contributed by atoms with Gasteiger partial charge in [-0.25, -0.2) is 0 Å². The van der Waals surface area contributed by atoms with E-state index in [-0.39, 0.29) is 0 Å². The summed E-state index contributed by atoms with van der Waals surface area (Å²) in [6.07, 6.45) is 27.1. The Hall–Kier alpha value is -0.260. The molecule has 0 heteroatoms. The molecular weight excluding hydrogens is 300 g/mol. The van der Waals surface area contributed by atoms with Crippen LogP contribution in [0.1, 0.15) is 110 Å². The second-order valence-electron chi connectivity index (χ2n) is 10.2. The predicted molar refractivity (Wildman–Crippen MR) is 109 cm³/mol. The van der Waals surface area contributed by atoms with Gasteiger partial charge in [-0.1, -0.05) is 69.9 Å². The quantitative estimate of drug-likeness (QED) is 0.457. The van der Waals surface area contributed by atoms with Crippen molar-refractivity contribution >= 4 is 0 Å². The highest BCUT2D eigenvalue weighted by atomic mass is 14.4. The van der Waals surface area contributed by atoms with Gasteiger partial charge in [-0.15, -0.1) is 0 Å². The lowest BCUT2D eigenvalue weighted by atomic mass is 9.60. The van der Waals surface area contributed by atoms with Gasteiger partial charge in [0.25, 0.3) is 0 Å². The molecule has 0 aromatic carbocycles. The van der Waals surface area contributed by atoms with Gasteiger partial charge in [0, 0.05) is 0 Å². The van der Waals surface area contributed by atoms with Crippen LogP contribution in [0.5, 0.6) is 0 Å². The molecular formula is C25H42. The zero-order chi connectivity index (χ0) is 17.1. The number of rotatable bonds is 3. The minimum Gasteiger partial charge on any atom is -0.0814 e. The van der Waals surface area contributed by atoms with Crippen LogP contribution in [-0.2, 0) is 0 Å². The topological polar surface area (TPSA) is 0 Å². The Balaban J connectivity index is 1.56. The molecule has 4 saturated carbocycles. The van der Waals surface area contributed by atoms with Gasteiger partial charge < -0.3 is 0 Å². The highest BCUT2D eigenvalue weighted by molar-refractivity contribution is 5.16. The van der Waals surface area contributed by atoms with Gasteiger partial charge in [0.1, 0.15) is 0 Å². The Morgan fingerprint density at radius 2 is 1.08 bits per heavy atom.